The summed E-state index contributed by atoms with van der Waals surface area (Å²) in [5, 5.41) is 6.03. The molecule has 0 heterocycles. The number of amides is 1. The molecule has 0 aliphatic carbocycles. The van der Waals surface area contributed by atoms with E-state index in [1.807, 2.05) is 39.8 Å². The highest BCUT2D eigenvalue weighted by Gasteiger charge is 2.07. The standard InChI is InChI=1S/C13H19BrN2O/c1-8(2)16-12(17)7-15-13-9(3)5-11(14)6-10(13)4/h5-6,8,15H,7H2,1-4H3,(H,16,17). The molecular weight excluding hydrogens is 280 g/mol. The zero-order valence-electron chi connectivity index (χ0n) is 10.7. The van der Waals surface area contributed by atoms with E-state index in [0.29, 0.717) is 6.54 Å². The molecule has 1 rings (SSSR count). The van der Waals surface area contributed by atoms with E-state index < -0.39 is 0 Å². The van der Waals surface area contributed by atoms with Crippen LogP contribution < -0.4 is 10.6 Å². The molecule has 0 atom stereocenters. The summed E-state index contributed by atoms with van der Waals surface area (Å²) < 4.78 is 1.06. The molecule has 0 spiro atoms. The number of anilines is 1. The molecule has 94 valence electrons. The molecule has 4 heteroatoms. The minimum absolute atomic E-state index is 0.0155. The van der Waals surface area contributed by atoms with E-state index in [9.17, 15) is 4.79 Å². The van der Waals surface area contributed by atoms with Gasteiger partial charge in [0.15, 0.2) is 0 Å². The number of carbonyl (C=O) groups excluding carboxylic acids is 1. The lowest BCUT2D eigenvalue weighted by Crippen LogP contribution is -2.35. The summed E-state index contributed by atoms with van der Waals surface area (Å²) in [6.45, 7) is 8.27. The van der Waals surface area contributed by atoms with Gasteiger partial charge in [0, 0.05) is 16.2 Å². The Bertz CT molecular complexity index is 393. The third-order valence-electron chi connectivity index (χ3n) is 2.37. The van der Waals surface area contributed by atoms with Gasteiger partial charge in [-0.1, -0.05) is 15.9 Å². The molecule has 1 aromatic carbocycles. The van der Waals surface area contributed by atoms with Gasteiger partial charge in [-0.2, -0.15) is 0 Å². The first-order valence-corrected chi connectivity index (χ1v) is 6.49. The summed E-state index contributed by atoms with van der Waals surface area (Å²) in [6, 6.07) is 4.25. The molecule has 17 heavy (non-hydrogen) atoms. The SMILES string of the molecule is Cc1cc(Br)cc(C)c1NCC(=O)NC(C)C. The highest BCUT2D eigenvalue weighted by atomic mass is 79.9. The molecule has 1 amide bonds. The lowest BCUT2D eigenvalue weighted by atomic mass is 10.1. The summed E-state index contributed by atoms with van der Waals surface area (Å²) in [5.41, 5.74) is 3.30. The van der Waals surface area contributed by atoms with Crippen LogP contribution in [-0.2, 0) is 4.79 Å². The number of nitrogens with one attached hydrogen (secondary N) is 2. The quantitative estimate of drug-likeness (QED) is 0.897. The molecule has 0 aliphatic heterocycles. The maximum absolute atomic E-state index is 11.5. The topological polar surface area (TPSA) is 41.1 Å². The van der Waals surface area contributed by atoms with Crippen molar-refractivity contribution in [1.82, 2.24) is 5.32 Å². The van der Waals surface area contributed by atoms with Crippen molar-refractivity contribution in [3.8, 4) is 0 Å². The van der Waals surface area contributed by atoms with E-state index >= 15 is 0 Å². The fourth-order valence-electron chi connectivity index (χ4n) is 1.73. The van der Waals surface area contributed by atoms with Gasteiger partial charge in [-0.15, -0.1) is 0 Å². The number of halogens is 1. The third kappa shape index (κ3) is 4.38. The van der Waals surface area contributed by atoms with Crippen molar-refractivity contribution in [1.29, 1.82) is 0 Å². The smallest absolute Gasteiger partial charge is 0.239 e. The Kier molecular flexibility index (Phi) is 5.00. The largest absolute Gasteiger partial charge is 0.376 e. The van der Waals surface area contributed by atoms with E-state index in [0.717, 1.165) is 21.3 Å². The number of benzene rings is 1. The molecule has 0 radical (unpaired) electrons. The minimum Gasteiger partial charge on any atom is -0.376 e. The van der Waals surface area contributed by atoms with Crippen LogP contribution in [-0.4, -0.2) is 18.5 Å². The average Bonchev–Trinajstić information content (AvgIpc) is 2.14. The van der Waals surface area contributed by atoms with Crippen molar-refractivity contribution in [2.75, 3.05) is 11.9 Å². The van der Waals surface area contributed by atoms with Crippen molar-refractivity contribution in [2.45, 2.75) is 33.7 Å². The number of aryl methyl sites for hydroxylation is 2. The van der Waals surface area contributed by atoms with Gasteiger partial charge in [-0.3, -0.25) is 4.79 Å². The lowest BCUT2D eigenvalue weighted by Gasteiger charge is -2.14. The highest BCUT2D eigenvalue weighted by molar-refractivity contribution is 9.10. The summed E-state index contributed by atoms with van der Waals surface area (Å²) in [4.78, 5) is 11.5. The van der Waals surface area contributed by atoms with Gasteiger partial charge in [0.2, 0.25) is 5.91 Å². The van der Waals surface area contributed by atoms with Gasteiger partial charge < -0.3 is 10.6 Å². The van der Waals surface area contributed by atoms with Crippen LogP contribution in [0.5, 0.6) is 0 Å². The monoisotopic (exact) mass is 298 g/mol. The molecule has 3 nitrogen and oxygen atoms in total. The van der Waals surface area contributed by atoms with Crippen molar-refractivity contribution < 1.29 is 4.79 Å². The van der Waals surface area contributed by atoms with Crippen molar-refractivity contribution >= 4 is 27.5 Å². The van der Waals surface area contributed by atoms with Crippen molar-refractivity contribution in [2.24, 2.45) is 0 Å². The second-order valence-corrected chi connectivity index (χ2v) is 5.41. The van der Waals surface area contributed by atoms with E-state index in [1.54, 1.807) is 0 Å². The molecule has 0 saturated heterocycles. The number of hydrogen-bond acceptors (Lipinski definition) is 2. The second kappa shape index (κ2) is 6.05. The predicted molar refractivity (Wildman–Crippen MR) is 75.4 cm³/mol. The van der Waals surface area contributed by atoms with Gasteiger partial charge in [0.25, 0.3) is 0 Å². The van der Waals surface area contributed by atoms with Crippen LogP contribution in [0.3, 0.4) is 0 Å². The van der Waals surface area contributed by atoms with E-state index in [-0.39, 0.29) is 11.9 Å². The van der Waals surface area contributed by atoms with Gasteiger partial charge in [-0.05, 0) is 51.0 Å². The van der Waals surface area contributed by atoms with Gasteiger partial charge in [-0.25, -0.2) is 0 Å². The molecule has 0 bridgehead atoms. The van der Waals surface area contributed by atoms with E-state index in [2.05, 4.69) is 26.6 Å². The molecule has 0 fully saturated rings. The van der Waals surface area contributed by atoms with Gasteiger partial charge in [0.05, 0.1) is 6.54 Å². The summed E-state index contributed by atoms with van der Waals surface area (Å²) in [5.74, 6) is 0.0155. The van der Waals surface area contributed by atoms with E-state index in [4.69, 9.17) is 0 Å². The molecule has 2 N–H and O–H groups in total. The first kappa shape index (κ1) is 14.0. The van der Waals surface area contributed by atoms with E-state index in [1.165, 1.54) is 0 Å². The molecule has 0 aromatic heterocycles. The molecule has 0 aliphatic rings. The molecule has 0 saturated carbocycles. The average molecular weight is 299 g/mol. The van der Waals surface area contributed by atoms with Crippen LogP contribution in [0, 0.1) is 13.8 Å². The number of carbonyl (C=O) groups is 1. The Labute approximate surface area is 111 Å². The Morgan fingerprint density at radius 1 is 1.29 bits per heavy atom. The summed E-state index contributed by atoms with van der Waals surface area (Å²) in [7, 11) is 0. The first-order chi connectivity index (χ1) is 7.90. The van der Waals surface area contributed by atoms with Crippen LogP contribution in [0.2, 0.25) is 0 Å². The zero-order chi connectivity index (χ0) is 13.0. The first-order valence-electron chi connectivity index (χ1n) is 5.70. The molecular formula is C13H19BrN2O. The number of hydrogen-bond donors (Lipinski definition) is 2. The number of rotatable bonds is 4. The van der Waals surface area contributed by atoms with Crippen LogP contribution in [0.1, 0.15) is 25.0 Å². The van der Waals surface area contributed by atoms with Crippen LogP contribution in [0.4, 0.5) is 5.69 Å². The van der Waals surface area contributed by atoms with Crippen molar-refractivity contribution in [3.63, 3.8) is 0 Å². The molecule has 0 unspecified atom stereocenters. The Hall–Kier alpha value is -1.03. The minimum atomic E-state index is 0.0155. The predicted octanol–water partition coefficient (Wildman–Crippen LogP) is 3.00. The lowest BCUT2D eigenvalue weighted by molar-refractivity contribution is -0.119. The maximum atomic E-state index is 11.5. The fraction of sp³-hybridized carbons (Fsp3) is 0.462. The normalized spacial score (nSPS) is 10.5. The Balaban J connectivity index is 2.67. The summed E-state index contributed by atoms with van der Waals surface area (Å²) >= 11 is 3.45. The fourth-order valence-corrected chi connectivity index (χ4v) is 2.42. The summed E-state index contributed by atoms with van der Waals surface area (Å²) in [6.07, 6.45) is 0. The van der Waals surface area contributed by atoms with Crippen molar-refractivity contribution in [3.05, 3.63) is 27.7 Å². The highest BCUT2D eigenvalue weighted by Crippen LogP contribution is 2.24. The van der Waals surface area contributed by atoms with Gasteiger partial charge >= 0.3 is 0 Å². The second-order valence-electron chi connectivity index (χ2n) is 4.49. The zero-order valence-corrected chi connectivity index (χ0v) is 12.3. The Morgan fingerprint density at radius 2 is 1.82 bits per heavy atom. The van der Waals surface area contributed by atoms with Crippen LogP contribution in [0.15, 0.2) is 16.6 Å². The molecule has 1 aromatic rings. The van der Waals surface area contributed by atoms with Crippen LogP contribution in [0.25, 0.3) is 0 Å². The van der Waals surface area contributed by atoms with Gasteiger partial charge in [0.1, 0.15) is 0 Å². The van der Waals surface area contributed by atoms with Crippen LogP contribution >= 0.6 is 15.9 Å². The Morgan fingerprint density at radius 3 is 2.29 bits per heavy atom. The maximum Gasteiger partial charge on any atom is 0.239 e. The third-order valence-corrected chi connectivity index (χ3v) is 2.83.